The lowest BCUT2D eigenvalue weighted by molar-refractivity contribution is 0.0151. The Balaban J connectivity index is 1.17. The van der Waals surface area contributed by atoms with E-state index < -0.39 is 0 Å². The predicted octanol–water partition coefficient (Wildman–Crippen LogP) is 5.31. The van der Waals surface area contributed by atoms with E-state index in [9.17, 15) is 0 Å². The third-order valence-corrected chi connectivity index (χ3v) is 8.97. The van der Waals surface area contributed by atoms with Crippen LogP contribution in [0, 0.1) is 11.8 Å². The van der Waals surface area contributed by atoms with Gasteiger partial charge in [-0.25, -0.2) is 0 Å². The summed E-state index contributed by atoms with van der Waals surface area (Å²) in [5.41, 5.74) is 6.70. The van der Waals surface area contributed by atoms with Crippen LogP contribution in [0.3, 0.4) is 0 Å². The Hall–Kier alpha value is -3.03. The molecule has 2 aliphatic carbocycles. The van der Waals surface area contributed by atoms with E-state index >= 15 is 0 Å². The molecule has 7 rings (SSSR count). The number of nitrogens with zero attached hydrogens (tertiary/aromatic N) is 6. The van der Waals surface area contributed by atoms with Crippen LogP contribution in [-0.4, -0.2) is 61.6 Å². The third kappa shape index (κ3) is 3.99. The van der Waals surface area contributed by atoms with Crippen LogP contribution in [0.1, 0.15) is 63.0 Å². The smallest absolute Gasteiger partial charge is 0.0942 e. The molecule has 192 valence electrons. The SMILES string of the molecule is CC(C)n1nc(-c2cnc3ccn([C@H](C)c4ccccn4)c3c2)cc1[C@H]1[C@@H]2C[C@@H](N3CCOCC3)C[C@@H]21. The Morgan fingerprint density at radius 3 is 2.51 bits per heavy atom. The van der Waals surface area contributed by atoms with Crippen LogP contribution in [0.5, 0.6) is 0 Å². The summed E-state index contributed by atoms with van der Waals surface area (Å²) in [6, 6.07) is 14.0. The lowest BCUT2D eigenvalue weighted by Gasteiger charge is -2.33. The fourth-order valence-corrected chi connectivity index (χ4v) is 6.98. The van der Waals surface area contributed by atoms with Gasteiger partial charge in [0.05, 0.1) is 41.7 Å². The van der Waals surface area contributed by atoms with Crippen LogP contribution in [0.4, 0.5) is 0 Å². The van der Waals surface area contributed by atoms with Crippen LogP contribution >= 0.6 is 0 Å². The number of fused-ring (bicyclic) bond motifs is 2. The molecule has 37 heavy (non-hydrogen) atoms. The van der Waals surface area contributed by atoms with Gasteiger partial charge in [-0.2, -0.15) is 5.10 Å². The molecule has 5 atom stereocenters. The zero-order valence-corrected chi connectivity index (χ0v) is 22.0. The molecular weight excluding hydrogens is 460 g/mol. The highest BCUT2D eigenvalue weighted by atomic mass is 16.5. The predicted molar refractivity (Wildman–Crippen MR) is 145 cm³/mol. The Morgan fingerprint density at radius 2 is 1.78 bits per heavy atom. The molecule has 7 heteroatoms. The van der Waals surface area contributed by atoms with Gasteiger partial charge in [-0.1, -0.05) is 6.07 Å². The Morgan fingerprint density at radius 1 is 0.973 bits per heavy atom. The van der Waals surface area contributed by atoms with Crippen molar-refractivity contribution < 1.29 is 4.74 Å². The van der Waals surface area contributed by atoms with Gasteiger partial charge in [-0.3, -0.25) is 19.5 Å². The summed E-state index contributed by atoms with van der Waals surface area (Å²) in [5.74, 6) is 2.24. The van der Waals surface area contributed by atoms with Crippen molar-refractivity contribution in [2.45, 2.75) is 57.7 Å². The molecule has 0 N–H and O–H groups in total. The number of hydrogen-bond acceptors (Lipinski definition) is 5. The molecule has 0 aromatic carbocycles. The Bertz CT molecular complexity index is 1390. The molecule has 4 aromatic heterocycles. The minimum Gasteiger partial charge on any atom is -0.379 e. The number of pyridine rings is 2. The first-order valence-electron chi connectivity index (χ1n) is 13.9. The maximum absolute atomic E-state index is 5.58. The minimum atomic E-state index is 0.129. The molecule has 0 spiro atoms. The first kappa shape index (κ1) is 23.1. The van der Waals surface area contributed by atoms with Gasteiger partial charge in [0.1, 0.15) is 0 Å². The highest BCUT2D eigenvalue weighted by Crippen LogP contribution is 2.64. The van der Waals surface area contributed by atoms with Gasteiger partial charge in [0, 0.05) is 60.9 Å². The van der Waals surface area contributed by atoms with Gasteiger partial charge in [0.15, 0.2) is 0 Å². The van der Waals surface area contributed by atoms with E-state index in [1.165, 1.54) is 18.5 Å². The molecule has 1 aliphatic heterocycles. The lowest BCUT2D eigenvalue weighted by atomic mass is 10.0. The molecule has 2 saturated carbocycles. The summed E-state index contributed by atoms with van der Waals surface area (Å²) in [4.78, 5) is 12.1. The van der Waals surface area contributed by atoms with Crippen molar-refractivity contribution in [1.82, 2.24) is 29.2 Å². The fourth-order valence-electron chi connectivity index (χ4n) is 6.98. The largest absolute Gasteiger partial charge is 0.379 e. The summed E-state index contributed by atoms with van der Waals surface area (Å²) in [7, 11) is 0. The van der Waals surface area contributed by atoms with Gasteiger partial charge in [0.2, 0.25) is 0 Å². The van der Waals surface area contributed by atoms with Gasteiger partial charge < -0.3 is 9.30 Å². The molecule has 0 bridgehead atoms. The van der Waals surface area contributed by atoms with Crippen LogP contribution in [0.2, 0.25) is 0 Å². The van der Waals surface area contributed by atoms with E-state index in [2.05, 4.69) is 70.4 Å². The van der Waals surface area contributed by atoms with Crippen molar-refractivity contribution >= 4 is 11.0 Å². The van der Waals surface area contributed by atoms with E-state index in [0.717, 1.165) is 72.2 Å². The zero-order chi connectivity index (χ0) is 25.1. The van der Waals surface area contributed by atoms with Crippen molar-refractivity contribution in [3.63, 3.8) is 0 Å². The second kappa shape index (κ2) is 9.07. The molecule has 3 aliphatic rings. The summed E-state index contributed by atoms with van der Waals surface area (Å²) in [6.45, 7) is 10.7. The normalized spacial score (nSPS) is 26.6. The summed E-state index contributed by atoms with van der Waals surface area (Å²) < 4.78 is 10.1. The highest BCUT2D eigenvalue weighted by molar-refractivity contribution is 5.81. The minimum absolute atomic E-state index is 0.129. The van der Waals surface area contributed by atoms with E-state index in [-0.39, 0.29) is 6.04 Å². The van der Waals surface area contributed by atoms with Crippen molar-refractivity contribution in [1.29, 1.82) is 0 Å². The van der Waals surface area contributed by atoms with Crippen LogP contribution in [0.15, 0.2) is 55.0 Å². The number of ether oxygens (including phenoxy) is 1. The van der Waals surface area contributed by atoms with Crippen molar-refractivity contribution in [3.8, 4) is 11.3 Å². The second-order valence-corrected chi connectivity index (χ2v) is 11.4. The second-order valence-electron chi connectivity index (χ2n) is 11.4. The average Bonchev–Trinajstić information content (AvgIpc) is 3.36. The maximum Gasteiger partial charge on any atom is 0.0942 e. The molecule has 1 saturated heterocycles. The summed E-state index contributed by atoms with van der Waals surface area (Å²) >= 11 is 0. The lowest BCUT2D eigenvalue weighted by Crippen LogP contribution is -2.43. The molecule has 5 heterocycles. The molecule has 0 radical (unpaired) electrons. The standard InChI is InChI=1S/C30H36N6O/c1-19(2)36-29(30-23-15-22(16-24(23)30)34-10-12-37-13-11-34)17-27(33-36)21-14-28-26(32-18-21)7-9-35(28)20(3)25-6-4-5-8-31-25/h4-9,14,17-20,22-24,30H,10-13,15-16H2,1-3H3/t20-,22-,23-,24+,30+/m1/s1. The number of morpholine rings is 1. The zero-order valence-electron chi connectivity index (χ0n) is 22.0. The Kier molecular flexibility index (Phi) is 5.66. The van der Waals surface area contributed by atoms with Gasteiger partial charge in [0.25, 0.3) is 0 Å². The highest BCUT2D eigenvalue weighted by Gasteiger charge is 2.58. The van der Waals surface area contributed by atoms with Crippen molar-refractivity contribution in [3.05, 3.63) is 66.4 Å². The van der Waals surface area contributed by atoms with Crippen LogP contribution in [0.25, 0.3) is 22.3 Å². The summed E-state index contributed by atoms with van der Waals surface area (Å²) in [5, 5.41) is 5.13. The fraction of sp³-hybridized carbons (Fsp3) is 0.500. The van der Waals surface area contributed by atoms with E-state index in [4.69, 9.17) is 14.8 Å². The average molecular weight is 497 g/mol. The first-order chi connectivity index (χ1) is 18.1. The van der Waals surface area contributed by atoms with E-state index in [1.807, 2.05) is 24.5 Å². The molecule has 0 amide bonds. The molecule has 7 nitrogen and oxygen atoms in total. The first-order valence-corrected chi connectivity index (χ1v) is 13.9. The Labute approximate surface area is 218 Å². The third-order valence-electron chi connectivity index (χ3n) is 8.97. The number of hydrogen-bond donors (Lipinski definition) is 0. The monoisotopic (exact) mass is 496 g/mol. The van der Waals surface area contributed by atoms with Crippen LogP contribution in [-0.2, 0) is 4.74 Å². The molecular formula is C30H36N6O. The quantitative estimate of drug-likeness (QED) is 0.362. The van der Waals surface area contributed by atoms with Gasteiger partial charge in [-0.05, 0) is 75.8 Å². The molecule has 4 aromatic rings. The summed E-state index contributed by atoms with van der Waals surface area (Å²) in [6.07, 6.45) is 8.60. The van der Waals surface area contributed by atoms with Crippen LogP contribution < -0.4 is 0 Å². The van der Waals surface area contributed by atoms with E-state index in [0.29, 0.717) is 12.0 Å². The topological polar surface area (TPSA) is 61.0 Å². The van der Waals surface area contributed by atoms with Gasteiger partial charge in [-0.15, -0.1) is 0 Å². The van der Waals surface area contributed by atoms with Crippen molar-refractivity contribution in [2.75, 3.05) is 26.3 Å². The van der Waals surface area contributed by atoms with E-state index in [1.54, 1.807) is 0 Å². The number of aromatic nitrogens is 5. The number of rotatable bonds is 6. The molecule has 0 unspecified atom stereocenters. The van der Waals surface area contributed by atoms with Gasteiger partial charge >= 0.3 is 0 Å². The van der Waals surface area contributed by atoms with Crippen molar-refractivity contribution in [2.24, 2.45) is 11.8 Å². The molecule has 3 fully saturated rings. The maximum atomic E-state index is 5.58.